The van der Waals surface area contributed by atoms with Crippen LogP contribution in [0.15, 0.2) is 24.3 Å². The largest absolute Gasteiger partial charge is 0.370 e. The first-order chi connectivity index (χ1) is 14.2. The molecule has 2 aromatic rings. The van der Waals surface area contributed by atoms with Crippen LogP contribution in [0.4, 0.5) is 0 Å². The van der Waals surface area contributed by atoms with Crippen molar-refractivity contribution in [3.8, 4) is 0 Å². The lowest BCUT2D eigenvalue weighted by molar-refractivity contribution is -0.907. The fourth-order valence-corrected chi connectivity index (χ4v) is 4.76. The highest BCUT2D eigenvalue weighted by molar-refractivity contribution is 5.79. The van der Waals surface area contributed by atoms with E-state index >= 15 is 0 Å². The molecule has 1 amide bonds. The molecule has 4 rings (SSSR count). The monoisotopic (exact) mass is 399 g/mol. The molecule has 0 spiro atoms. The molecule has 6 heteroatoms. The molecule has 1 saturated heterocycles. The van der Waals surface area contributed by atoms with Crippen LogP contribution in [0, 0.1) is 5.92 Å². The van der Waals surface area contributed by atoms with Gasteiger partial charge in [-0.3, -0.25) is 4.79 Å². The molecule has 0 bridgehead atoms. The molecule has 2 heterocycles. The molecule has 0 radical (unpaired) electrons. The Hall–Kier alpha value is -1.92. The second-order valence-corrected chi connectivity index (χ2v) is 8.64. The summed E-state index contributed by atoms with van der Waals surface area (Å²) in [6, 6.07) is 8.22. The number of nitrogens with zero attached hydrogens (tertiary/aromatic N) is 3. The Morgan fingerprint density at radius 1 is 1.17 bits per heavy atom. The van der Waals surface area contributed by atoms with Gasteiger partial charge in [0.15, 0.2) is 0 Å². The number of aromatic nitrogens is 2. The molecule has 1 saturated carbocycles. The molecule has 1 N–H and O–H groups in total. The van der Waals surface area contributed by atoms with Crippen LogP contribution in [0.5, 0.6) is 0 Å². The third kappa shape index (κ3) is 4.98. The average Bonchev–Trinajstić information content (AvgIpc) is 2.92. The first-order valence-corrected chi connectivity index (χ1v) is 11.3. The summed E-state index contributed by atoms with van der Waals surface area (Å²) in [6.07, 6.45) is 7.00. The Balaban J connectivity index is 1.51. The van der Waals surface area contributed by atoms with Crippen molar-refractivity contribution in [2.45, 2.75) is 45.1 Å². The molecule has 1 aliphatic carbocycles. The maximum absolute atomic E-state index is 13.5. The Kier molecular flexibility index (Phi) is 6.82. The summed E-state index contributed by atoms with van der Waals surface area (Å²) in [4.78, 5) is 22.0. The van der Waals surface area contributed by atoms with Crippen LogP contribution in [0.25, 0.3) is 11.0 Å². The molecule has 1 aromatic carbocycles. The molecule has 1 aromatic heterocycles. The summed E-state index contributed by atoms with van der Waals surface area (Å²) in [5.41, 5.74) is 2.13. The number of carbonyl (C=O) groups is 1. The predicted octanol–water partition coefficient (Wildman–Crippen LogP) is 1.79. The number of quaternary nitrogens is 1. The highest BCUT2D eigenvalue weighted by Gasteiger charge is 2.27. The van der Waals surface area contributed by atoms with E-state index in [1.165, 1.54) is 25.7 Å². The number of hydrogen-bond acceptors (Lipinski definition) is 3. The maximum Gasteiger partial charge on any atom is 0.226 e. The summed E-state index contributed by atoms with van der Waals surface area (Å²) in [5.74, 6) is 1.50. The first-order valence-electron chi connectivity index (χ1n) is 11.3. The van der Waals surface area contributed by atoms with Crippen LogP contribution in [0.3, 0.4) is 0 Å². The number of fused-ring (bicyclic) bond motifs is 1. The number of para-hydroxylation sites is 2. The number of nitrogens with one attached hydrogen (secondary N) is 1. The summed E-state index contributed by atoms with van der Waals surface area (Å²) in [7, 11) is 2.06. The van der Waals surface area contributed by atoms with Crippen molar-refractivity contribution >= 4 is 16.9 Å². The van der Waals surface area contributed by atoms with Gasteiger partial charge in [0, 0.05) is 13.0 Å². The van der Waals surface area contributed by atoms with Crippen molar-refractivity contribution in [2.24, 2.45) is 13.0 Å². The highest BCUT2D eigenvalue weighted by atomic mass is 16.5. The molecule has 1 aliphatic heterocycles. The van der Waals surface area contributed by atoms with Gasteiger partial charge in [-0.25, -0.2) is 4.98 Å². The van der Waals surface area contributed by atoms with Gasteiger partial charge in [0.1, 0.15) is 18.9 Å². The van der Waals surface area contributed by atoms with Gasteiger partial charge in [0.05, 0.1) is 43.9 Å². The first kappa shape index (κ1) is 20.4. The van der Waals surface area contributed by atoms with Crippen LogP contribution in [-0.4, -0.2) is 59.8 Å². The smallest absolute Gasteiger partial charge is 0.226 e. The molecule has 0 unspecified atom stereocenters. The van der Waals surface area contributed by atoms with Gasteiger partial charge in [-0.2, -0.15) is 0 Å². The highest BCUT2D eigenvalue weighted by Crippen LogP contribution is 2.25. The van der Waals surface area contributed by atoms with E-state index in [4.69, 9.17) is 9.72 Å². The zero-order valence-electron chi connectivity index (χ0n) is 17.7. The van der Waals surface area contributed by atoms with Crippen molar-refractivity contribution in [1.29, 1.82) is 0 Å². The Morgan fingerprint density at radius 3 is 2.62 bits per heavy atom. The van der Waals surface area contributed by atoms with Crippen LogP contribution in [0.2, 0.25) is 0 Å². The SMILES string of the molecule is Cn1c(CN(CC[NH+]2CCOCC2)C(=O)C2CCCCCC2)nc2ccccc21. The number of imidazole rings is 1. The second kappa shape index (κ2) is 9.72. The van der Waals surface area contributed by atoms with E-state index in [0.717, 1.165) is 69.1 Å². The number of hydrogen-bond donors (Lipinski definition) is 1. The molecular formula is C23H35N4O2+. The molecule has 2 aliphatic rings. The summed E-state index contributed by atoms with van der Waals surface area (Å²) in [5, 5.41) is 0. The minimum absolute atomic E-state index is 0.187. The number of ether oxygens (including phenoxy) is 1. The van der Waals surface area contributed by atoms with Gasteiger partial charge in [-0.05, 0) is 25.0 Å². The van der Waals surface area contributed by atoms with Crippen molar-refractivity contribution in [2.75, 3.05) is 39.4 Å². The van der Waals surface area contributed by atoms with Crippen LogP contribution in [-0.2, 0) is 23.1 Å². The molecule has 2 fully saturated rings. The number of rotatable bonds is 6. The third-order valence-corrected chi connectivity index (χ3v) is 6.66. The van der Waals surface area contributed by atoms with Crippen LogP contribution < -0.4 is 4.90 Å². The lowest BCUT2D eigenvalue weighted by atomic mass is 9.98. The predicted molar refractivity (Wildman–Crippen MR) is 114 cm³/mol. The second-order valence-electron chi connectivity index (χ2n) is 8.64. The van der Waals surface area contributed by atoms with Crippen LogP contribution in [0.1, 0.15) is 44.3 Å². The van der Waals surface area contributed by atoms with Crippen molar-refractivity contribution < 1.29 is 14.4 Å². The normalized spacial score (nSPS) is 19.3. The van der Waals surface area contributed by atoms with E-state index in [1.807, 2.05) is 18.2 Å². The average molecular weight is 400 g/mol. The number of carbonyl (C=O) groups excluding carboxylic acids is 1. The standard InChI is InChI=1S/C23H34N4O2/c1-25-21-11-7-6-10-20(21)24-22(25)18-27(13-12-26-14-16-29-17-15-26)23(28)19-8-4-2-3-5-9-19/h6-7,10-11,19H,2-5,8-9,12-18H2,1H3/p+1. The van der Waals surface area contributed by atoms with Gasteiger partial charge in [0.25, 0.3) is 0 Å². The molecule has 29 heavy (non-hydrogen) atoms. The zero-order valence-corrected chi connectivity index (χ0v) is 17.7. The quantitative estimate of drug-likeness (QED) is 0.754. The van der Waals surface area contributed by atoms with E-state index < -0.39 is 0 Å². The van der Waals surface area contributed by atoms with Gasteiger partial charge >= 0.3 is 0 Å². The number of morpholine rings is 1. The summed E-state index contributed by atoms with van der Waals surface area (Å²) < 4.78 is 7.64. The van der Waals surface area contributed by atoms with E-state index in [1.54, 1.807) is 4.90 Å². The van der Waals surface area contributed by atoms with Gasteiger partial charge in [0.2, 0.25) is 5.91 Å². The van der Waals surface area contributed by atoms with Crippen molar-refractivity contribution in [3.63, 3.8) is 0 Å². The molecule has 6 nitrogen and oxygen atoms in total. The Morgan fingerprint density at radius 2 is 1.90 bits per heavy atom. The van der Waals surface area contributed by atoms with Crippen molar-refractivity contribution in [1.82, 2.24) is 14.5 Å². The number of amides is 1. The fourth-order valence-electron chi connectivity index (χ4n) is 4.76. The lowest BCUT2D eigenvalue weighted by Crippen LogP contribution is -3.14. The summed E-state index contributed by atoms with van der Waals surface area (Å²) in [6.45, 7) is 6.13. The molecule has 158 valence electrons. The van der Waals surface area contributed by atoms with Crippen LogP contribution >= 0.6 is 0 Å². The summed E-state index contributed by atoms with van der Waals surface area (Å²) >= 11 is 0. The van der Waals surface area contributed by atoms with Gasteiger partial charge < -0.3 is 19.1 Å². The van der Waals surface area contributed by atoms with E-state index in [-0.39, 0.29) is 5.92 Å². The minimum atomic E-state index is 0.187. The molecular weight excluding hydrogens is 364 g/mol. The van der Waals surface area contributed by atoms with E-state index in [2.05, 4.69) is 22.6 Å². The maximum atomic E-state index is 13.5. The van der Waals surface area contributed by atoms with Gasteiger partial charge in [-0.15, -0.1) is 0 Å². The minimum Gasteiger partial charge on any atom is -0.370 e. The zero-order chi connectivity index (χ0) is 20.1. The molecule has 0 atom stereocenters. The van der Waals surface area contributed by atoms with Gasteiger partial charge in [-0.1, -0.05) is 37.8 Å². The lowest BCUT2D eigenvalue weighted by Gasteiger charge is -2.30. The van der Waals surface area contributed by atoms with E-state index in [0.29, 0.717) is 12.5 Å². The van der Waals surface area contributed by atoms with E-state index in [9.17, 15) is 4.79 Å². The topological polar surface area (TPSA) is 51.8 Å². The fraction of sp³-hybridized carbons (Fsp3) is 0.652. The third-order valence-electron chi connectivity index (χ3n) is 6.66. The Labute approximate surface area is 173 Å². The van der Waals surface area contributed by atoms with Crippen molar-refractivity contribution in [3.05, 3.63) is 30.1 Å². The Bertz CT molecular complexity index is 804. The number of aryl methyl sites for hydroxylation is 1. The number of benzene rings is 1.